The third-order valence-electron chi connectivity index (χ3n) is 10.8. The van der Waals surface area contributed by atoms with Gasteiger partial charge in [0.15, 0.2) is 0 Å². The van der Waals surface area contributed by atoms with Gasteiger partial charge in [-0.2, -0.15) is 0 Å². The second-order valence-electron chi connectivity index (χ2n) is 14.9. The molecule has 7 rings (SSSR count). The van der Waals surface area contributed by atoms with E-state index in [-0.39, 0.29) is 41.7 Å². The molecule has 3 aromatic heterocycles. The maximum absolute atomic E-state index is 13.7. The van der Waals surface area contributed by atoms with Gasteiger partial charge < -0.3 is 39.9 Å². The van der Waals surface area contributed by atoms with Crippen molar-refractivity contribution in [1.82, 2.24) is 40.4 Å². The molecule has 3 aliphatic rings. The molecule has 14 nitrogen and oxygen atoms in total. The van der Waals surface area contributed by atoms with Crippen molar-refractivity contribution in [3.05, 3.63) is 52.0 Å². The molecule has 288 valence electrons. The molecule has 3 aliphatic heterocycles. The highest BCUT2D eigenvalue weighted by molar-refractivity contribution is 8.00. The summed E-state index contributed by atoms with van der Waals surface area (Å²) in [6.45, 7) is 8.84. The minimum Gasteiger partial charge on any atom is -0.453 e. The van der Waals surface area contributed by atoms with Gasteiger partial charge in [0.05, 0.1) is 37.3 Å². The Labute approximate surface area is 322 Å². The molecular formula is C38H48N8O6S2. The molecule has 0 bridgehead atoms. The normalized spacial score (nSPS) is 20.8. The number of benzene rings is 1. The van der Waals surface area contributed by atoms with E-state index in [2.05, 4.69) is 38.1 Å². The number of methoxy groups -OCH3 is 2. The molecule has 0 radical (unpaired) electrons. The molecular weight excluding hydrogens is 729 g/mol. The number of aromatic amines is 2. The molecule has 16 heteroatoms. The van der Waals surface area contributed by atoms with E-state index in [0.717, 1.165) is 65.4 Å². The SMILES string of the molecule is COC(=O)N[C@H](C(=O)N1CCCC1c1ncc(C2CSc3c(-c4ccc5nc(C6CCCN6C(=O)[C@H](NC(=O)OC)C(C)C)[nH]c5c4)csc32)[nH]1)C(C)C. The van der Waals surface area contributed by atoms with Crippen LogP contribution in [0.2, 0.25) is 0 Å². The van der Waals surface area contributed by atoms with Gasteiger partial charge in [0.25, 0.3) is 0 Å². The van der Waals surface area contributed by atoms with E-state index < -0.39 is 24.3 Å². The minimum atomic E-state index is -0.690. The summed E-state index contributed by atoms with van der Waals surface area (Å²) in [5.74, 6) is 2.09. The van der Waals surface area contributed by atoms with Crippen molar-refractivity contribution in [2.24, 2.45) is 11.8 Å². The summed E-state index contributed by atoms with van der Waals surface area (Å²) in [5, 5.41) is 7.65. The maximum atomic E-state index is 13.7. The van der Waals surface area contributed by atoms with Gasteiger partial charge >= 0.3 is 12.2 Å². The number of aromatic nitrogens is 4. The summed E-state index contributed by atoms with van der Waals surface area (Å²) in [4.78, 5) is 74.3. The quantitative estimate of drug-likeness (QED) is 0.143. The number of thioether (sulfide) groups is 1. The lowest BCUT2D eigenvalue weighted by Gasteiger charge is -2.30. The summed E-state index contributed by atoms with van der Waals surface area (Å²) in [6, 6.07) is 4.51. The Morgan fingerprint density at radius 2 is 1.48 bits per heavy atom. The fourth-order valence-corrected chi connectivity index (χ4v) is 10.8. The van der Waals surface area contributed by atoms with E-state index in [9.17, 15) is 19.2 Å². The van der Waals surface area contributed by atoms with Crippen LogP contribution in [0.1, 0.15) is 93.6 Å². The number of amides is 4. The first-order chi connectivity index (χ1) is 26.0. The van der Waals surface area contributed by atoms with Crippen LogP contribution < -0.4 is 10.6 Å². The van der Waals surface area contributed by atoms with Gasteiger partial charge in [0.1, 0.15) is 23.7 Å². The average molecular weight is 777 g/mol. The zero-order valence-electron chi connectivity index (χ0n) is 31.4. The van der Waals surface area contributed by atoms with Crippen molar-refractivity contribution < 1.29 is 28.7 Å². The molecule has 6 heterocycles. The Balaban J connectivity index is 1.08. The molecule has 2 saturated heterocycles. The second kappa shape index (κ2) is 15.7. The summed E-state index contributed by atoms with van der Waals surface area (Å²) >= 11 is 3.59. The first-order valence-electron chi connectivity index (χ1n) is 18.6. The van der Waals surface area contributed by atoms with Crippen LogP contribution in [-0.2, 0) is 19.1 Å². The number of alkyl carbamates (subject to hydrolysis) is 2. The standard InChI is InChI=1S/C38H48N8O6S2/c1-19(2)29(43-37(49)51-5)35(47)45-13-7-9-27(45)33-39-16-26(42-33)23-18-54-31-22(17-53-32(23)31)21-11-12-24-25(15-21)41-34(40-24)28-10-8-14-46(28)36(48)30(20(3)4)44-38(50)52-6/h11-12,15-17,19-20,23,27-30H,7-10,13-14,18H2,1-6H3,(H,39,42)(H,40,41)(H,43,49)(H,44,50)/t23?,27?,28?,29-,30+/m0/s1. The largest absolute Gasteiger partial charge is 0.453 e. The number of ether oxygens (including phenoxy) is 2. The number of carbonyl (C=O) groups is 4. The summed E-state index contributed by atoms with van der Waals surface area (Å²) in [6.07, 6.45) is 3.97. The van der Waals surface area contributed by atoms with Crippen LogP contribution in [0.15, 0.2) is 34.7 Å². The van der Waals surface area contributed by atoms with E-state index in [1.807, 2.05) is 61.5 Å². The number of carbonyl (C=O) groups excluding carboxylic acids is 4. The van der Waals surface area contributed by atoms with Crippen LogP contribution in [0.3, 0.4) is 0 Å². The second-order valence-corrected chi connectivity index (χ2v) is 16.8. The van der Waals surface area contributed by atoms with E-state index >= 15 is 0 Å². The Bertz CT molecular complexity index is 2040. The predicted octanol–water partition coefficient (Wildman–Crippen LogP) is 6.34. The predicted molar refractivity (Wildman–Crippen MR) is 206 cm³/mol. The van der Waals surface area contributed by atoms with E-state index in [1.165, 1.54) is 29.6 Å². The summed E-state index contributed by atoms with van der Waals surface area (Å²) < 4.78 is 9.56. The number of fused-ring (bicyclic) bond motifs is 2. The lowest BCUT2D eigenvalue weighted by atomic mass is 10.0. The molecule has 0 aliphatic carbocycles. The Morgan fingerprint density at radius 3 is 2.07 bits per heavy atom. The highest BCUT2D eigenvalue weighted by Gasteiger charge is 2.40. The first kappa shape index (κ1) is 37.7. The number of imidazole rings is 2. The lowest BCUT2D eigenvalue weighted by Crippen LogP contribution is -2.51. The van der Waals surface area contributed by atoms with Crippen molar-refractivity contribution in [3.63, 3.8) is 0 Å². The van der Waals surface area contributed by atoms with Crippen LogP contribution in [0.5, 0.6) is 0 Å². The zero-order chi connectivity index (χ0) is 38.3. The maximum Gasteiger partial charge on any atom is 0.407 e. The van der Waals surface area contributed by atoms with Crippen LogP contribution in [-0.4, -0.2) is 98.9 Å². The van der Waals surface area contributed by atoms with Crippen molar-refractivity contribution in [3.8, 4) is 11.1 Å². The highest BCUT2D eigenvalue weighted by Crippen LogP contribution is 2.51. The molecule has 4 N–H and O–H groups in total. The van der Waals surface area contributed by atoms with Crippen molar-refractivity contribution >= 4 is 58.1 Å². The third-order valence-corrected chi connectivity index (χ3v) is 13.2. The number of nitrogens with zero attached hydrogens (tertiary/aromatic N) is 4. The average Bonchev–Trinajstić information content (AvgIpc) is 4.00. The highest BCUT2D eigenvalue weighted by atomic mass is 32.2. The van der Waals surface area contributed by atoms with Gasteiger partial charge in [-0.3, -0.25) is 9.59 Å². The molecule has 0 saturated carbocycles. The topological polar surface area (TPSA) is 175 Å². The molecule has 5 atom stereocenters. The van der Waals surface area contributed by atoms with E-state index in [0.29, 0.717) is 13.1 Å². The van der Waals surface area contributed by atoms with Crippen LogP contribution in [0.25, 0.3) is 22.2 Å². The molecule has 54 heavy (non-hydrogen) atoms. The lowest BCUT2D eigenvalue weighted by molar-refractivity contribution is -0.136. The van der Waals surface area contributed by atoms with Crippen molar-refractivity contribution in [1.29, 1.82) is 0 Å². The van der Waals surface area contributed by atoms with Gasteiger partial charge in [0.2, 0.25) is 11.8 Å². The number of nitrogens with one attached hydrogen (secondary N) is 4. The summed E-state index contributed by atoms with van der Waals surface area (Å²) in [7, 11) is 2.59. The summed E-state index contributed by atoms with van der Waals surface area (Å²) in [5.41, 5.74) is 5.05. The molecule has 0 spiro atoms. The van der Waals surface area contributed by atoms with Gasteiger partial charge in [-0.05, 0) is 55.2 Å². The van der Waals surface area contributed by atoms with E-state index in [1.54, 1.807) is 11.3 Å². The van der Waals surface area contributed by atoms with Gasteiger partial charge in [-0.15, -0.1) is 23.1 Å². The Morgan fingerprint density at radius 1 is 0.870 bits per heavy atom. The number of likely N-dealkylation sites (tertiary alicyclic amines) is 2. The number of hydrogen-bond acceptors (Lipinski definition) is 10. The third kappa shape index (κ3) is 7.17. The number of rotatable bonds is 10. The Kier molecular flexibility index (Phi) is 10.9. The van der Waals surface area contributed by atoms with Gasteiger partial charge in [-0.1, -0.05) is 33.8 Å². The van der Waals surface area contributed by atoms with Crippen LogP contribution in [0, 0.1) is 11.8 Å². The van der Waals surface area contributed by atoms with Crippen molar-refractivity contribution in [2.75, 3.05) is 33.1 Å². The number of thiophene rings is 1. The smallest absolute Gasteiger partial charge is 0.407 e. The zero-order valence-corrected chi connectivity index (χ0v) is 33.1. The van der Waals surface area contributed by atoms with E-state index in [4.69, 9.17) is 19.4 Å². The minimum absolute atomic E-state index is 0.0998. The molecule has 3 unspecified atom stereocenters. The number of hydrogen-bond donors (Lipinski definition) is 4. The first-order valence-corrected chi connectivity index (χ1v) is 20.4. The molecule has 4 amide bonds. The van der Waals surface area contributed by atoms with Gasteiger partial charge in [0, 0.05) is 57.4 Å². The van der Waals surface area contributed by atoms with Crippen molar-refractivity contribution in [2.45, 2.75) is 88.4 Å². The molecule has 4 aromatic rings. The number of H-pyrrole nitrogens is 2. The van der Waals surface area contributed by atoms with Crippen LogP contribution in [0.4, 0.5) is 9.59 Å². The molecule has 2 fully saturated rings. The Hall–Kier alpha value is -4.57. The fourth-order valence-electron chi connectivity index (χ4n) is 7.86. The van der Waals surface area contributed by atoms with Gasteiger partial charge in [-0.25, -0.2) is 19.6 Å². The van der Waals surface area contributed by atoms with Crippen LogP contribution >= 0.6 is 23.1 Å². The monoisotopic (exact) mass is 776 g/mol. The molecule has 1 aromatic carbocycles. The fraction of sp³-hybridized carbons (Fsp3) is 0.526.